The molecule has 1 fully saturated rings. The third-order valence-electron chi connectivity index (χ3n) is 3.38. The van der Waals surface area contributed by atoms with Crippen molar-refractivity contribution in [2.24, 2.45) is 5.73 Å². The summed E-state index contributed by atoms with van der Waals surface area (Å²) in [6.45, 7) is 4.89. The molecule has 2 atom stereocenters. The van der Waals surface area contributed by atoms with Gasteiger partial charge in [-0.05, 0) is 39.5 Å². The van der Waals surface area contributed by atoms with Crippen LogP contribution in [0.25, 0.3) is 0 Å². The summed E-state index contributed by atoms with van der Waals surface area (Å²) in [5, 5.41) is 3.90. The Morgan fingerprint density at radius 1 is 1.61 bits per heavy atom. The first kappa shape index (κ1) is 15.8. The molecule has 2 unspecified atom stereocenters. The molecule has 1 saturated carbocycles. The van der Waals surface area contributed by atoms with E-state index in [1.54, 1.807) is 7.11 Å². The van der Waals surface area contributed by atoms with Gasteiger partial charge < -0.3 is 15.8 Å². The number of ether oxygens (including phenoxy) is 1. The zero-order valence-corrected chi connectivity index (χ0v) is 12.5. The molecular formula is C13H26N2O2S. The van der Waals surface area contributed by atoms with Gasteiger partial charge in [-0.3, -0.25) is 4.79 Å². The number of carbonyl (C=O) groups excluding carboxylic acids is 1. The second kappa shape index (κ2) is 7.36. The number of carbonyl (C=O) groups is 1. The number of rotatable bonds is 7. The van der Waals surface area contributed by atoms with E-state index in [4.69, 9.17) is 10.5 Å². The highest BCUT2D eigenvalue weighted by atomic mass is 32.2. The fourth-order valence-corrected chi connectivity index (χ4v) is 3.98. The number of nitrogens with two attached hydrogens (primary N) is 1. The van der Waals surface area contributed by atoms with Crippen molar-refractivity contribution in [3.63, 3.8) is 0 Å². The molecule has 0 bridgehead atoms. The van der Waals surface area contributed by atoms with Gasteiger partial charge in [-0.1, -0.05) is 0 Å². The fourth-order valence-electron chi connectivity index (χ4n) is 2.64. The van der Waals surface area contributed by atoms with E-state index in [1.807, 2.05) is 11.8 Å². The first-order valence-corrected chi connectivity index (χ1v) is 7.73. The molecule has 3 N–H and O–H groups in total. The summed E-state index contributed by atoms with van der Waals surface area (Å²) in [4.78, 5) is 11.8. The summed E-state index contributed by atoms with van der Waals surface area (Å²) in [6.07, 6.45) is 3.94. The smallest absolute Gasteiger partial charge is 0.237 e. The Bertz CT molecular complexity index is 274. The summed E-state index contributed by atoms with van der Waals surface area (Å²) >= 11 is 1.90. The van der Waals surface area contributed by atoms with Crippen molar-refractivity contribution < 1.29 is 9.53 Å². The van der Waals surface area contributed by atoms with E-state index in [9.17, 15) is 4.79 Å². The van der Waals surface area contributed by atoms with Crippen LogP contribution in [0, 0.1) is 0 Å². The van der Waals surface area contributed by atoms with Crippen LogP contribution in [0.5, 0.6) is 0 Å². The predicted molar refractivity (Wildman–Crippen MR) is 76.8 cm³/mol. The standard InChI is InChI=1S/C13H26N2O2S/c1-10(2)15-13(12(14)16)6-4-5-11(9-13)18-8-7-17-3/h10-11,15H,4-9H2,1-3H3,(H2,14,16). The normalized spacial score (nSPS) is 28.6. The number of amides is 1. The van der Waals surface area contributed by atoms with Crippen LogP contribution in [0.3, 0.4) is 0 Å². The van der Waals surface area contributed by atoms with Crippen molar-refractivity contribution >= 4 is 17.7 Å². The predicted octanol–water partition coefficient (Wildman–Crippen LogP) is 1.53. The highest BCUT2D eigenvalue weighted by molar-refractivity contribution is 7.99. The maximum atomic E-state index is 11.8. The minimum atomic E-state index is -0.503. The third-order valence-corrected chi connectivity index (χ3v) is 4.66. The molecule has 0 radical (unpaired) electrons. The van der Waals surface area contributed by atoms with Gasteiger partial charge in [0.2, 0.25) is 5.91 Å². The summed E-state index contributed by atoms with van der Waals surface area (Å²) in [5.74, 6) is 0.783. The average molecular weight is 274 g/mol. The lowest BCUT2D eigenvalue weighted by Crippen LogP contribution is -2.60. The molecule has 0 aliphatic heterocycles. The van der Waals surface area contributed by atoms with E-state index >= 15 is 0 Å². The highest BCUT2D eigenvalue weighted by Gasteiger charge is 2.41. The van der Waals surface area contributed by atoms with Gasteiger partial charge in [0, 0.05) is 24.2 Å². The molecule has 0 aromatic heterocycles. The number of hydrogen-bond donors (Lipinski definition) is 2. The Balaban J connectivity index is 2.59. The monoisotopic (exact) mass is 274 g/mol. The topological polar surface area (TPSA) is 64.3 Å². The van der Waals surface area contributed by atoms with Crippen LogP contribution in [0.4, 0.5) is 0 Å². The maximum absolute atomic E-state index is 11.8. The summed E-state index contributed by atoms with van der Waals surface area (Å²) in [5.41, 5.74) is 5.13. The van der Waals surface area contributed by atoms with E-state index in [-0.39, 0.29) is 11.9 Å². The lowest BCUT2D eigenvalue weighted by Gasteiger charge is -2.40. The van der Waals surface area contributed by atoms with Gasteiger partial charge in [0.15, 0.2) is 0 Å². The second-order valence-electron chi connectivity index (χ2n) is 5.33. The number of primary amides is 1. The molecule has 0 spiro atoms. The van der Waals surface area contributed by atoms with Gasteiger partial charge in [-0.25, -0.2) is 0 Å². The van der Waals surface area contributed by atoms with Crippen molar-refractivity contribution in [1.82, 2.24) is 5.32 Å². The van der Waals surface area contributed by atoms with Crippen molar-refractivity contribution in [1.29, 1.82) is 0 Å². The molecule has 106 valence electrons. The molecule has 4 nitrogen and oxygen atoms in total. The summed E-state index contributed by atoms with van der Waals surface area (Å²) in [7, 11) is 1.72. The molecule has 5 heteroatoms. The van der Waals surface area contributed by atoms with Crippen LogP contribution < -0.4 is 11.1 Å². The highest BCUT2D eigenvalue weighted by Crippen LogP contribution is 2.35. The molecule has 0 aromatic carbocycles. The molecule has 0 heterocycles. The van der Waals surface area contributed by atoms with Crippen molar-refractivity contribution in [3.05, 3.63) is 0 Å². The van der Waals surface area contributed by atoms with Gasteiger partial charge in [-0.2, -0.15) is 11.8 Å². The zero-order chi connectivity index (χ0) is 13.6. The summed E-state index contributed by atoms with van der Waals surface area (Å²) in [6, 6.07) is 0.278. The quantitative estimate of drug-likeness (QED) is 0.691. The number of hydrogen-bond acceptors (Lipinski definition) is 4. The Morgan fingerprint density at radius 3 is 2.89 bits per heavy atom. The Kier molecular flexibility index (Phi) is 6.46. The van der Waals surface area contributed by atoms with E-state index in [1.165, 1.54) is 6.42 Å². The zero-order valence-electron chi connectivity index (χ0n) is 11.7. The average Bonchev–Trinajstić information content (AvgIpc) is 2.28. The fraction of sp³-hybridized carbons (Fsp3) is 0.923. The Morgan fingerprint density at radius 2 is 2.33 bits per heavy atom. The molecule has 18 heavy (non-hydrogen) atoms. The van der Waals surface area contributed by atoms with Crippen molar-refractivity contribution in [2.75, 3.05) is 19.5 Å². The largest absolute Gasteiger partial charge is 0.384 e. The van der Waals surface area contributed by atoms with Gasteiger partial charge >= 0.3 is 0 Å². The number of nitrogens with one attached hydrogen (secondary N) is 1. The maximum Gasteiger partial charge on any atom is 0.237 e. The van der Waals surface area contributed by atoms with Crippen LogP contribution in [0.2, 0.25) is 0 Å². The van der Waals surface area contributed by atoms with E-state index in [2.05, 4.69) is 19.2 Å². The van der Waals surface area contributed by atoms with Crippen LogP contribution in [0.15, 0.2) is 0 Å². The Hall–Kier alpha value is -0.260. The van der Waals surface area contributed by atoms with E-state index in [0.29, 0.717) is 5.25 Å². The molecular weight excluding hydrogens is 248 g/mol. The lowest BCUT2D eigenvalue weighted by molar-refractivity contribution is -0.126. The van der Waals surface area contributed by atoms with Crippen LogP contribution in [-0.4, -0.2) is 42.2 Å². The molecule has 1 aliphatic rings. The van der Waals surface area contributed by atoms with Gasteiger partial charge in [0.05, 0.1) is 12.1 Å². The third kappa shape index (κ3) is 4.44. The first-order chi connectivity index (χ1) is 8.50. The van der Waals surface area contributed by atoms with E-state index in [0.717, 1.165) is 31.6 Å². The van der Waals surface area contributed by atoms with Crippen molar-refractivity contribution in [2.45, 2.75) is 56.4 Å². The number of methoxy groups -OCH3 is 1. The number of thioether (sulfide) groups is 1. The molecule has 1 rings (SSSR count). The molecule has 0 saturated heterocycles. The van der Waals surface area contributed by atoms with Gasteiger partial charge in [0.1, 0.15) is 0 Å². The molecule has 1 amide bonds. The minimum Gasteiger partial charge on any atom is -0.384 e. The molecule has 1 aliphatic carbocycles. The van der Waals surface area contributed by atoms with Gasteiger partial charge in [-0.15, -0.1) is 0 Å². The lowest BCUT2D eigenvalue weighted by atomic mass is 9.80. The second-order valence-corrected chi connectivity index (χ2v) is 6.74. The summed E-state index contributed by atoms with van der Waals surface area (Å²) < 4.78 is 5.07. The van der Waals surface area contributed by atoms with Crippen LogP contribution in [0.1, 0.15) is 39.5 Å². The SMILES string of the molecule is COCCSC1CCCC(NC(C)C)(C(N)=O)C1. The van der Waals surface area contributed by atoms with Crippen LogP contribution in [-0.2, 0) is 9.53 Å². The van der Waals surface area contributed by atoms with E-state index < -0.39 is 5.54 Å². The first-order valence-electron chi connectivity index (χ1n) is 6.68. The Labute approximate surface area is 114 Å². The van der Waals surface area contributed by atoms with Crippen LogP contribution >= 0.6 is 11.8 Å². The van der Waals surface area contributed by atoms with Crippen molar-refractivity contribution in [3.8, 4) is 0 Å². The van der Waals surface area contributed by atoms with Gasteiger partial charge in [0.25, 0.3) is 0 Å². The minimum absolute atomic E-state index is 0.201. The molecule has 0 aromatic rings.